The van der Waals surface area contributed by atoms with Gasteiger partial charge in [0, 0.05) is 38.4 Å². The summed E-state index contributed by atoms with van der Waals surface area (Å²) in [5.74, 6) is 1.02. The number of benzene rings is 2. The summed E-state index contributed by atoms with van der Waals surface area (Å²) >= 11 is 13.8. The Hall–Kier alpha value is -2.21. The molecule has 0 aliphatic heterocycles. The third-order valence-corrected chi connectivity index (χ3v) is 5.75. The summed E-state index contributed by atoms with van der Waals surface area (Å²) in [5, 5.41) is 5.27. The number of hydrogen-bond donors (Lipinski definition) is 1. The normalized spacial score (nSPS) is 11.2. The highest BCUT2D eigenvalue weighted by Crippen LogP contribution is 2.26. The first-order chi connectivity index (χ1) is 13.9. The standard InChI is InChI=1S/C22H21Cl2N3OS/c1-15-8-18(16(2)27(15)21-10-19(23)9-20(24)11-21)12-25-26-22(28)14-29-13-17-6-4-3-5-7-17/h3-12H,13-14H2,1-2H3,(H,26,28)/b25-12-. The van der Waals surface area contributed by atoms with Gasteiger partial charge in [-0.3, -0.25) is 4.79 Å². The van der Waals surface area contributed by atoms with Crippen LogP contribution in [0, 0.1) is 13.8 Å². The van der Waals surface area contributed by atoms with Crippen molar-refractivity contribution in [1.82, 2.24) is 9.99 Å². The number of aryl methyl sites for hydroxylation is 1. The van der Waals surface area contributed by atoms with Gasteiger partial charge >= 0.3 is 0 Å². The SMILES string of the molecule is Cc1cc(/C=N\NC(=O)CSCc2ccccc2)c(C)n1-c1cc(Cl)cc(Cl)c1. The van der Waals surface area contributed by atoms with Gasteiger partial charge in [-0.25, -0.2) is 5.43 Å². The highest BCUT2D eigenvalue weighted by Gasteiger charge is 2.11. The maximum atomic E-state index is 12.0. The fraction of sp³-hybridized carbons (Fsp3) is 0.182. The zero-order valence-corrected chi connectivity index (χ0v) is 18.5. The Kier molecular flexibility index (Phi) is 7.42. The molecule has 0 unspecified atom stereocenters. The van der Waals surface area contributed by atoms with Crippen LogP contribution >= 0.6 is 35.0 Å². The molecule has 0 aliphatic rings. The Bertz CT molecular complexity index is 1010. The number of halogens is 2. The Labute approximate surface area is 184 Å². The van der Waals surface area contributed by atoms with Gasteiger partial charge in [-0.15, -0.1) is 11.8 Å². The molecule has 0 aliphatic carbocycles. The van der Waals surface area contributed by atoms with E-state index in [2.05, 4.69) is 15.1 Å². The van der Waals surface area contributed by atoms with Crippen LogP contribution in [0.3, 0.4) is 0 Å². The molecule has 1 heterocycles. The van der Waals surface area contributed by atoms with Crippen molar-refractivity contribution in [3.63, 3.8) is 0 Å². The van der Waals surface area contributed by atoms with Gasteiger partial charge in [-0.05, 0) is 43.7 Å². The van der Waals surface area contributed by atoms with Crippen LogP contribution in [0.5, 0.6) is 0 Å². The van der Waals surface area contributed by atoms with Crippen molar-refractivity contribution in [3.05, 3.63) is 87.2 Å². The molecule has 0 radical (unpaired) electrons. The maximum absolute atomic E-state index is 12.0. The topological polar surface area (TPSA) is 46.4 Å². The lowest BCUT2D eigenvalue weighted by atomic mass is 10.2. The van der Waals surface area contributed by atoms with Gasteiger partial charge in [0.2, 0.25) is 5.91 Å². The molecule has 1 amide bonds. The second kappa shape index (κ2) is 10.0. The van der Waals surface area contributed by atoms with Crippen molar-refractivity contribution >= 4 is 47.1 Å². The van der Waals surface area contributed by atoms with Crippen molar-refractivity contribution in [1.29, 1.82) is 0 Å². The van der Waals surface area contributed by atoms with Crippen LogP contribution < -0.4 is 5.43 Å². The fourth-order valence-corrected chi connectivity index (χ4v) is 4.32. The quantitative estimate of drug-likeness (QED) is 0.369. The van der Waals surface area contributed by atoms with Gasteiger partial charge in [0.15, 0.2) is 0 Å². The predicted octanol–water partition coefficient (Wildman–Crippen LogP) is 5.78. The van der Waals surface area contributed by atoms with E-state index < -0.39 is 0 Å². The van der Waals surface area contributed by atoms with E-state index >= 15 is 0 Å². The zero-order valence-electron chi connectivity index (χ0n) is 16.2. The number of aromatic nitrogens is 1. The van der Waals surface area contributed by atoms with Gasteiger partial charge < -0.3 is 4.57 Å². The van der Waals surface area contributed by atoms with E-state index in [1.54, 1.807) is 24.0 Å². The minimum Gasteiger partial charge on any atom is -0.318 e. The number of carbonyl (C=O) groups is 1. The Morgan fingerprint density at radius 1 is 1.10 bits per heavy atom. The lowest BCUT2D eigenvalue weighted by Crippen LogP contribution is -2.19. The number of hydrazone groups is 1. The van der Waals surface area contributed by atoms with E-state index in [0.29, 0.717) is 15.8 Å². The summed E-state index contributed by atoms with van der Waals surface area (Å²) in [6.45, 7) is 3.98. The van der Waals surface area contributed by atoms with Crippen LogP contribution in [0.4, 0.5) is 0 Å². The van der Waals surface area contributed by atoms with E-state index in [9.17, 15) is 4.79 Å². The molecule has 1 N–H and O–H groups in total. The zero-order chi connectivity index (χ0) is 20.8. The summed E-state index contributed by atoms with van der Waals surface area (Å²) in [5.41, 5.74) is 7.59. The molecule has 7 heteroatoms. The minimum absolute atomic E-state index is 0.127. The van der Waals surface area contributed by atoms with E-state index in [1.165, 1.54) is 5.56 Å². The fourth-order valence-electron chi connectivity index (χ4n) is 3.03. The molecule has 3 rings (SSSR count). The summed E-state index contributed by atoms with van der Waals surface area (Å²) < 4.78 is 2.05. The number of rotatable bonds is 7. The summed E-state index contributed by atoms with van der Waals surface area (Å²) in [4.78, 5) is 12.0. The molecular weight excluding hydrogens is 425 g/mol. The molecule has 0 bridgehead atoms. The summed E-state index contributed by atoms with van der Waals surface area (Å²) in [6.07, 6.45) is 1.66. The Morgan fingerprint density at radius 2 is 1.79 bits per heavy atom. The van der Waals surface area contributed by atoms with Crippen LogP contribution in [0.1, 0.15) is 22.5 Å². The molecule has 1 aromatic heterocycles. The van der Waals surface area contributed by atoms with Crippen LogP contribution in [0.25, 0.3) is 5.69 Å². The molecule has 0 saturated heterocycles. The van der Waals surface area contributed by atoms with Crippen molar-refractivity contribution in [2.75, 3.05) is 5.75 Å². The number of amides is 1. The van der Waals surface area contributed by atoms with E-state index in [0.717, 1.165) is 28.4 Å². The predicted molar refractivity (Wildman–Crippen MR) is 124 cm³/mol. The molecule has 2 aromatic carbocycles. The number of hydrogen-bond acceptors (Lipinski definition) is 3. The highest BCUT2D eigenvalue weighted by molar-refractivity contribution is 7.99. The second-order valence-electron chi connectivity index (χ2n) is 6.56. The monoisotopic (exact) mass is 445 g/mol. The van der Waals surface area contributed by atoms with E-state index in [-0.39, 0.29) is 5.91 Å². The Morgan fingerprint density at radius 3 is 2.48 bits per heavy atom. The molecular formula is C22H21Cl2N3OS. The summed E-state index contributed by atoms with van der Waals surface area (Å²) in [6, 6.07) is 17.5. The molecule has 29 heavy (non-hydrogen) atoms. The highest BCUT2D eigenvalue weighted by atomic mass is 35.5. The number of thioether (sulfide) groups is 1. The number of nitrogens with zero attached hydrogens (tertiary/aromatic N) is 2. The first-order valence-electron chi connectivity index (χ1n) is 9.03. The minimum atomic E-state index is -0.127. The van der Waals surface area contributed by atoms with Crippen molar-refractivity contribution in [3.8, 4) is 5.69 Å². The molecule has 0 fully saturated rings. The van der Waals surface area contributed by atoms with Crippen LogP contribution in [0.2, 0.25) is 10.0 Å². The van der Waals surface area contributed by atoms with E-state index in [1.807, 2.05) is 62.4 Å². The van der Waals surface area contributed by atoms with Crippen LogP contribution in [0.15, 0.2) is 59.7 Å². The van der Waals surface area contributed by atoms with Gasteiger partial charge in [0.25, 0.3) is 0 Å². The molecule has 4 nitrogen and oxygen atoms in total. The van der Waals surface area contributed by atoms with Crippen molar-refractivity contribution < 1.29 is 4.79 Å². The molecule has 0 saturated carbocycles. The summed E-state index contributed by atoms with van der Waals surface area (Å²) in [7, 11) is 0. The maximum Gasteiger partial charge on any atom is 0.250 e. The average molecular weight is 446 g/mol. The third kappa shape index (κ3) is 5.89. The van der Waals surface area contributed by atoms with Crippen LogP contribution in [-0.4, -0.2) is 22.4 Å². The number of carbonyl (C=O) groups excluding carboxylic acids is 1. The largest absolute Gasteiger partial charge is 0.318 e. The lowest BCUT2D eigenvalue weighted by Gasteiger charge is -2.10. The molecule has 0 atom stereocenters. The first kappa shape index (κ1) is 21.5. The van der Waals surface area contributed by atoms with Crippen molar-refractivity contribution in [2.24, 2.45) is 5.10 Å². The molecule has 150 valence electrons. The van der Waals surface area contributed by atoms with Gasteiger partial charge in [0.05, 0.1) is 12.0 Å². The average Bonchev–Trinajstić information content (AvgIpc) is 2.95. The third-order valence-electron chi connectivity index (χ3n) is 4.31. The number of nitrogens with one attached hydrogen (secondary N) is 1. The van der Waals surface area contributed by atoms with Gasteiger partial charge in [-0.2, -0.15) is 5.10 Å². The van der Waals surface area contributed by atoms with Crippen molar-refractivity contribution in [2.45, 2.75) is 19.6 Å². The van der Waals surface area contributed by atoms with Gasteiger partial charge in [0.1, 0.15) is 0 Å². The molecule has 0 spiro atoms. The van der Waals surface area contributed by atoms with E-state index in [4.69, 9.17) is 23.2 Å². The smallest absolute Gasteiger partial charge is 0.250 e. The first-order valence-corrected chi connectivity index (χ1v) is 10.9. The lowest BCUT2D eigenvalue weighted by molar-refractivity contribution is -0.118. The molecule has 3 aromatic rings. The van der Waals surface area contributed by atoms with Gasteiger partial charge in [-0.1, -0.05) is 53.5 Å². The Balaban J connectivity index is 1.60. The van der Waals surface area contributed by atoms with Crippen LogP contribution in [-0.2, 0) is 10.5 Å². The second-order valence-corrected chi connectivity index (χ2v) is 8.42.